The largest absolute Gasteiger partial charge is 0.468 e. The molecule has 0 saturated heterocycles. The molecule has 1 heterocycles. The monoisotopic (exact) mass is 199 g/mol. The standard InChI is InChI=1S/C10H17NO3/c1-11(6-9(12)8-13-2)7-10-4-3-5-14-10/h3-5,9,12H,6-8H2,1-2H3. The lowest BCUT2D eigenvalue weighted by molar-refractivity contribution is 0.0407. The molecule has 4 heteroatoms. The van der Waals surface area contributed by atoms with Crippen LogP contribution in [0.25, 0.3) is 0 Å². The summed E-state index contributed by atoms with van der Waals surface area (Å²) >= 11 is 0. The van der Waals surface area contributed by atoms with Crippen LogP contribution in [0.5, 0.6) is 0 Å². The molecular formula is C10H17NO3. The molecule has 1 aromatic rings. The molecule has 0 saturated carbocycles. The Kier molecular flexibility index (Phi) is 4.65. The van der Waals surface area contributed by atoms with E-state index in [1.165, 1.54) is 0 Å². The molecule has 1 N–H and O–H groups in total. The van der Waals surface area contributed by atoms with Crippen LogP contribution in [-0.2, 0) is 11.3 Å². The molecule has 1 atom stereocenters. The molecule has 0 spiro atoms. The Morgan fingerprint density at radius 1 is 1.64 bits per heavy atom. The van der Waals surface area contributed by atoms with Crippen molar-refractivity contribution in [2.75, 3.05) is 27.3 Å². The van der Waals surface area contributed by atoms with Crippen LogP contribution in [0.15, 0.2) is 22.8 Å². The van der Waals surface area contributed by atoms with Crippen LogP contribution in [-0.4, -0.2) is 43.4 Å². The van der Waals surface area contributed by atoms with Gasteiger partial charge in [0, 0.05) is 13.7 Å². The number of furan rings is 1. The van der Waals surface area contributed by atoms with E-state index in [-0.39, 0.29) is 0 Å². The molecule has 80 valence electrons. The zero-order valence-corrected chi connectivity index (χ0v) is 8.64. The minimum absolute atomic E-state index is 0.364. The van der Waals surface area contributed by atoms with Gasteiger partial charge in [-0.25, -0.2) is 0 Å². The Morgan fingerprint density at radius 3 is 3.00 bits per heavy atom. The van der Waals surface area contributed by atoms with Crippen LogP contribution in [0.2, 0.25) is 0 Å². The predicted molar refractivity (Wildman–Crippen MR) is 52.9 cm³/mol. The van der Waals surface area contributed by atoms with Crippen LogP contribution in [0.3, 0.4) is 0 Å². The first-order valence-electron chi connectivity index (χ1n) is 4.60. The highest BCUT2D eigenvalue weighted by molar-refractivity contribution is 4.97. The van der Waals surface area contributed by atoms with Gasteiger partial charge in [0.1, 0.15) is 5.76 Å². The summed E-state index contributed by atoms with van der Waals surface area (Å²) in [4.78, 5) is 1.99. The first-order chi connectivity index (χ1) is 6.72. The van der Waals surface area contributed by atoms with Gasteiger partial charge in [-0.2, -0.15) is 0 Å². The first kappa shape index (κ1) is 11.2. The maximum atomic E-state index is 9.45. The van der Waals surface area contributed by atoms with Crippen LogP contribution < -0.4 is 0 Å². The summed E-state index contributed by atoms with van der Waals surface area (Å²) in [5.74, 6) is 0.900. The normalized spacial score (nSPS) is 13.4. The molecular weight excluding hydrogens is 182 g/mol. The lowest BCUT2D eigenvalue weighted by Gasteiger charge is -2.18. The molecule has 0 aliphatic rings. The molecule has 1 aromatic heterocycles. The second-order valence-electron chi connectivity index (χ2n) is 3.39. The van der Waals surface area contributed by atoms with Gasteiger partial charge in [0.15, 0.2) is 0 Å². The highest BCUT2D eigenvalue weighted by Gasteiger charge is 2.08. The highest BCUT2D eigenvalue weighted by atomic mass is 16.5. The van der Waals surface area contributed by atoms with Gasteiger partial charge in [-0.15, -0.1) is 0 Å². The quantitative estimate of drug-likeness (QED) is 0.733. The van der Waals surface area contributed by atoms with Crippen LogP contribution >= 0.6 is 0 Å². The fourth-order valence-electron chi connectivity index (χ4n) is 1.34. The summed E-state index contributed by atoms with van der Waals surface area (Å²) in [6.45, 7) is 1.64. The third-order valence-electron chi connectivity index (χ3n) is 1.89. The van der Waals surface area contributed by atoms with Gasteiger partial charge >= 0.3 is 0 Å². The average molecular weight is 199 g/mol. The molecule has 1 unspecified atom stereocenters. The highest BCUT2D eigenvalue weighted by Crippen LogP contribution is 2.04. The summed E-state index contributed by atoms with van der Waals surface area (Å²) in [7, 11) is 3.51. The second-order valence-corrected chi connectivity index (χ2v) is 3.39. The summed E-state index contributed by atoms with van der Waals surface area (Å²) in [5, 5.41) is 9.45. The van der Waals surface area contributed by atoms with E-state index in [1.54, 1.807) is 13.4 Å². The molecule has 14 heavy (non-hydrogen) atoms. The fraction of sp³-hybridized carbons (Fsp3) is 0.600. The first-order valence-corrected chi connectivity index (χ1v) is 4.60. The van der Waals surface area contributed by atoms with E-state index < -0.39 is 6.10 Å². The SMILES string of the molecule is COCC(O)CN(C)Cc1ccco1. The topological polar surface area (TPSA) is 45.8 Å². The van der Waals surface area contributed by atoms with Crippen molar-refractivity contribution in [3.8, 4) is 0 Å². The van der Waals surface area contributed by atoms with Gasteiger partial charge in [-0.3, -0.25) is 4.90 Å². The minimum Gasteiger partial charge on any atom is -0.468 e. The molecule has 0 radical (unpaired) electrons. The lowest BCUT2D eigenvalue weighted by atomic mass is 10.3. The van der Waals surface area contributed by atoms with E-state index in [4.69, 9.17) is 9.15 Å². The Hall–Kier alpha value is -0.840. The van der Waals surface area contributed by atoms with Crippen LogP contribution in [0, 0.1) is 0 Å². The number of aliphatic hydroxyl groups excluding tert-OH is 1. The fourth-order valence-corrected chi connectivity index (χ4v) is 1.34. The molecule has 0 aliphatic carbocycles. The van der Waals surface area contributed by atoms with Gasteiger partial charge in [0.2, 0.25) is 0 Å². The van der Waals surface area contributed by atoms with Crippen molar-refractivity contribution in [1.29, 1.82) is 0 Å². The van der Waals surface area contributed by atoms with Crippen molar-refractivity contribution in [2.45, 2.75) is 12.6 Å². The summed E-state index contributed by atoms with van der Waals surface area (Å²) < 4.78 is 10.0. The summed E-state index contributed by atoms with van der Waals surface area (Å²) in [5.41, 5.74) is 0. The summed E-state index contributed by atoms with van der Waals surface area (Å²) in [6.07, 6.45) is 1.20. The maximum absolute atomic E-state index is 9.45. The number of likely N-dealkylation sites (N-methyl/N-ethyl adjacent to an activating group) is 1. The van der Waals surface area contributed by atoms with Crippen molar-refractivity contribution in [3.05, 3.63) is 24.2 Å². The number of hydrogen-bond acceptors (Lipinski definition) is 4. The van der Waals surface area contributed by atoms with Gasteiger partial charge in [-0.1, -0.05) is 0 Å². The van der Waals surface area contributed by atoms with Gasteiger partial charge in [0.25, 0.3) is 0 Å². The van der Waals surface area contributed by atoms with E-state index >= 15 is 0 Å². The maximum Gasteiger partial charge on any atom is 0.117 e. The van der Waals surface area contributed by atoms with Crippen LogP contribution in [0.4, 0.5) is 0 Å². The lowest BCUT2D eigenvalue weighted by Crippen LogP contribution is -2.31. The number of ether oxygens (including phenoxy) is 1. The Balaban J connectivity index is 2.25. The third kappa shape index (κ3) is 3.91. The molecule has 0 aliphatic heterocycles. The van der Waals surface area contributed by atoms with Crippen LogP contribution in [0.1, 0.15) is 5.76 Å². The molecule has 0 aromatic carbocycles. The number of rotatable bonds is 6. The van der Waals surface area contributed by atoms with Crippen molar-refractivity contribution >= 4 is 0 Å². The van der Waals surface area contributed by atoms with Crippen molar-refractivity contribution in [2.24, 2.45) is 0 Å². The number of aliphatic hydroxyl groups is 1. The Bertz CT molecular complexity index is 236. The Labute approximate surface area is 84.1 Å². The zero-order valence-electron chi connectivity index (χ0n) is 8.64. The van der Waals surface area contributed by atoms with Gasteiger partial charge in [0.05, 0.1) is 25.5 Å². The Morgan fingerprint density at radius 2 is 2.43 bits per heavy atom. The molecule has 0 bridgehead atoms. The van der Waals surface area contributed by atoms with E-state index in [0.717, 1.165) is 5.76 Å². The van der Waals surface area contributed by atoms with E-state index in [0.29, 0.717) is 19.7 Å². The van der Waals surface area contributed by atoms with Gasteiger partial charge < -0.3 is 14.3 Å². The zero-order chi connectivity index (χ0) is 10.4. The van der Waals surface area contributed by atoms with Crippen molar-refractivity contribution in [3.63, 3.8) is 0 Å². The minimum atomic E-state index is -0.444. The molecule has 0 fully saturated rings. The third-order valence-corrected chi connectivity index (χ3v) is 1.89. The molecule has 4 nitrogen and oxygen atoms in total. The summed E-state index contributed by atoms with van der Waals surface area (Å²) in [6, 6.07) is 3.77. The van der Waals surface area contributed by atoms with E-state index in [1.807, 2.05) is 24.1 Å². The average Bonchev–Trinajstić information content (AvgIpc) is 2.56. The smallest absolute Gasteiger partial charge is 0.117 e. The number of nitrogens with zero attached hydrogens (tertiary/aromatic N) is 1. The molecule has 0 amide bonds. The number of hydrogen-bond donors (Lipinski definition) is 1. The van der Waals surface area contributed by atoms with Crippen molar-refractivity contribution < 1.29 is 14.3 Å². The predicted octanol–water partition coefficient (Wildman–Crippen LogP) is 0.719. The second kappa shape index (κ2) is 5.80. The number of methoxy groups -OCH3 is 1. The van der Waals surface area contributed by atoms with E-state index in [9.17, 15) is 5.11 Å². The van der Waals surface area contributed by atoms with Gasteiger partial charge in [-0.05, 0) is 19.2 Å². The van der Waals surface area contributed by atoms with Crippen molar-refractivity contribution in [1.82, 2.24) is 4.90 Å². The van der Waals surface area contributed by atoms with E-state index in [2.05, 4.69) is 0 Å². The molecule has 1 rings (SSSR count).